The largest absolute Gasteiger partial charge is 0.495 e. The van der Waals surface area contributed by atoms with Crippen LogP contribution in [-0.2, 0) is 16.6 Å². The molecule has 33 heavy (non-hydrogen) atoms. The Kier molecular flexibility index (Phi) is 6.48. The SMILES string of the molecule is COc1ccc(C(=O)NCc2ccc(-n3ccnc3C)c(F)c2)cc1S(=O)(=O)N1CCCC1. The molecule has 10 heteroatoms. The fraction of sp³-hybridized carbons (Fsp3) is 0.304. The first-order valence-corrected chi connectivity index (χ1v) is 12.0. The summed E-state index contributed by atoms with van der Waals surface area (Å²) in [6.45, 7) is 2.75. The van der Waals surface area contributed by atoms with Gasteiger partial charge >= 0.3 is 0 Å². The first-order chi connectivity index (χ1) is 15.8. The van der Waals surface area contributed by atoms with Crippen LogP contribution in [0.3, 0.4) is 0 Å². The Hall–Kier alpha value is -3.24. The third-order valence-corrected chi connectivity index (χ3v) is 7.58. The van der Waals surface area contributed by atoms with Crippen LogP contribution in [0.5, 0.6) is 5.75 Å². The van der Waals surface area contributed by atoms with E-state index in [1.807, 2.05) is 0 Å². The normalized spacial score (nSPS) is 14.4. The van der Waals surface area contributed by atoms with Gasteiger partial charge in [-0.25, -0.2) is 17.8 Å². The number of amides is 1. The van der Waals surface area contributed by atoms with E-state index in [-0.39, 0.29) is 22.8 Å². The van der Waals surface area contributed by atoms with Crippen LogP contribution in [0.1, 0.15) is 34.6 Å². The molecule has 1 aliphatic heterocycles. The summed E-state index contributed by atoms with van der Waals surface area (Å²) in [5, 5.41) is 2.72. The van der Waals surface area contributed by atoms with Crippen molar-refractivity contribution in [2.45, 2.75) is 31.2 Å². The van der Waals surface area contributed by atoms with Crippen LogP contribution in [0.25, 0.3) is 5.69 Å². The summed E-state index contributed by atoms with van der Waals surface area (Å²) in [5.41, 5.74) is 1.12. The number of carbonyl (C=O) groups is 1. The maximum Gasteiger partial charge on any atom is 0.251 e. The summed E-state index contributed by atoms with van der Waals surface area (Å²) in [4.78, 5) is 16.8. The van der Waals surface area contributed by atoms with Crippen molar-refractivity contribution in [3.63, 3.8) is 0 Å². The van der Waals surface area contributed by atoms with Gasteiger partial charge in [0.1, 0.15) is 22.3 Å². The van der Waals surface area contributed by atoms with E-state index in [4.69, 9.17) is 4.74 Å². The van der Waals surface area contributed by atoms with Crippen LogP contribution in [0.4, 0.5) is 4.39 Å². The molecule has 1 aliphatic rings. The van der Waals surface area contributed by atoms with E-state index in [2.05, 4.69) is 10.3 Å². The monoisotopic (exact) mass is 472 g/mol. The van der Waals surface area contributed by atoms with E-state index < -0.39 is 21.7 Å². The number of rotatable bonds is 7. The molecule has 0 saturated carbocycles. The van der Waals surface area contributed by atoms with Gasteiger partial charge in [0.2, 0.25) is 10.0 Å². The summed E-state index contributed by atoms with van der Waals surface area (Å²) < 4.78 is 48.9. The quantitative estimate of drug-likeness (QED) is 0.571. The minimum absolute atomic E-state index is 0.0364. The highest BCUT2D eigenvalue weighted by Crippen LogP contribution is 2.30. The highest BCUT2D eigenvalue weighted by Gasteiger charge is 2.30. The van der Waals surface area contributed by atoms with Gasteiger partial charge in [0.15, 0.2) is 0 Å². The fourth-order valence-corrected chi connectivity index (χ4v) is 5.56. The number of aromatic nitrogens is 2. The predicted octanol–water partition coefficient (Wildman–Crippen LogP) is 3.04. The lowest BCUT2D eigenvalue weighted by Gasteiger charge is -2.18. The van der Waals surface area contributed by atoms with Crippen LogP contribution >= 0.6 is 0 Å². The average molecular weight is 473 g/mol. The Morgan fingerprint density at radius 3 is 2.58 bits per heavy atom. The smallest absolute Gasteiger partial charge is 0.251 e. The number of sulfonamides is 1. The van der Waals surface area contributed by atoms with Crippen LogP contribution < -0.4 is 10.1 Å². The van der Waals surface area contributed by atoms with E-state index in [0.29, 0.717) is 30.2 Å². The van der Waals surface area contributed by atoms with Gasteiger partial charge in [-0.1, -0.05) is 6.07 Å². The molecule has 1 amide bonds. The van der Waals surface area contributed by atoms with Crippen molar-refractivity contribution in [1.29, 1.82) is 0 Å². The molecule has 0 spiro atoms. The molecule has 1 fully saturated rings. The van der Waals surface area contributed by atoms with Gasteiger partial charge in [0.05, 0.1) is 12.8 Å². The first-order valence-electron chi connectivity index (χ1n) is 10.6. The molecule has 174 valence electrons. The number of nitrogens with one attached hydrogen (secondary N) is 1. The molecule has 8 nitrogen and oxygen atoms in total. The zero-order valence-electron chi connectivity index (χ0n) is 18.4. The lowest BCUT2D eigenvalue weighted by Crippen LogP contribution is -2.29. The first kappa shape index (κ1) is 22.9. The standard InChI is InChI=1S/C23H25FN4O4S/c1-16-25-9-12-28(16)20-7-5-17(13-19(20)24)15-26-23(29)18-6-8-21(32-2)22(14-18)33(30,31)27-10-3-4-11-27/h5-9,12-14H,3-4,10-11,15H2,1-2H3,(H,26,29). The third-order valence-electron chi connectivity index (χ3n) is 5.66. The van der Waals surface area contributed by atoms with Gasteiger partial charge in [0, 0.05) is 37.6 Å². The highest BCUT2D eigenvalue weighted by molar-refractivity contribution is 7.89. The van der Waals surface area contributed by atoms with E-state index in [0.717, 1.165) is 12.8 Å². The molecule has 3 aromatic rings. The third kappa shape index (κ3) is 4.62. The number of halogens is 1. The molecular formula is C23H25FN4O4S. The molecule has 0 atom stereocenters. The number of methoxy groups -OCH3 is 1. The summed E-state index contributed by atoms with van der Waals surface area (Å²) in [5.74, 6) is -0.0585. The van der Waals surface area contributed by atoms with E-state index in [1.165, 1.54) is 35.7 Å². The van der Waals surface area contributed by atoms with Crippen molar-refractivity contribution in [1.82, 2.24) is 19.2 Å². The van der Waals surface area contributed by atoms with E-state index in [9.17, 15) is 17.6 Å². The molecule has 0 unspecified atom stereocenters. The van der Waals surface area contributed by atoms with Crippen LogP contribution in [0, 0.1) is 12.7 Å². The zero-order valence-corrected chi connectivity index (χ0v) is 19.2. The minimum atomic E-state index is -3.77. The van der Waals surface area contributed by atoms with Gasteiger partial charge in [-0.2, -0.15) is 4.31 Å². The maximum absolute atomic E-state index is 14.6. The van der Waals surface area contributed by atoms with Gasteiger partial charge in [-0.3, -0.25) is 4.79 Å². The Balaban J connectivity index is 1.51. The second-order valence-electron chi connectivity index (χ2n) is 7.79. The molecule has 1 aromatic heterocycles. The van der Waals surface area contributed by atoms with Crippen LogP contribution in [0.15, 0.2) is 53.7 Å². The predicted molar refractivity (Wildman–Crippen MR) is 120 cm³/mol. The molecule has 0 radical (unpaired) electrons. The summed E-state index contributed by atoms with van der Waals surface area (Å²) in [7, 11) is -2.38. The Bertz CT molecular complexity index is 1280. The number of hydrogen-bond donors (Lipinski definition) is 1. The van der Waals surface area contributed by atoms with Gasteiger partial charge < -0.3 is 14.6 Å². The topological polar surface area (TPSA) is 93.5 Å². The number of imidazole rings is 1. The molecule has 2 heterocycles. The summed E-state index contributed by atoms with van der Waals surface area (Å²) in [6, 6.07) is 9.00. The van der Waals surface area contributed by atoms with Crippen LogP contribution in [0.2, 0.25) is 0 Å². The second kappa shape index (κ2) is 9.32. The Morgan fingerprint density at radius 1 is 1.18 bits per heavy atom. The highest BCUT2D eigenvalue weighted by atomic mass is 32.2. The zero-order chi connectivity index (χ0) is 23.6. The van der Waals surface area contributed by atoms with Gasteiger partial charge in [-0.05, 0) is 55.7 Å². The molecule has 1 N–H and O–H groups in total. The average Bonchev–Trinajstić information content (AvgIpc) is 3.50. The number of aryl methyl sites for hydroxylation is 1. The van der Waals surface area contributed by atoms with E-state index in [1.54, 1.807) is 36.0 Å². The van der Waals surface area contributed by atoms with Gasteiger partial charge in [0.25, 0.3) is 5.91 Å². The second-order valence-corrected chi connectivity index (χ2v) is 9.70. The van der Waals surface area contributed by atoms with Crippen molar-refractivity contribution >= 4 is 15.9 Å². The number of ether oxygens (including phenoxy) is 1. The molecule has 0 bridgehead atoms. The summed E-state index contributed by atoms with van der Waals surface area (Å²) >= 11 is 0. The molecule has 2 aromatic carbocycles. The Morgan fingerprint density at radius 2 is 1.94 bits per heavy atom. The molecule has 1 saturated heterocycles. The fourth-order valence-electron chi connectivity index (χ4n) is 3.86. The number of benzene rings is 2. The molecular weight excluding hydrogens is 447 g/mol. The van der Waals surface area contributed by atoms with E-state index >= 15 is 0 Å². The van der Waals surface area contributed by atoms with Crippen molar-refractivity contribution < 1.29 is 22.3 Å². The summed E-state index contributed by atoms with van der Waals surface area (Å²) in [6.07, 6.45) is 4.87. The van der Waals surface area contributed by atoms with Crippen molar-refractivity contribution in [3.8, 4) is 11.4 Å². The number of hydrogen-bond acceptors (Lipinski definition) is 5. The van der Waals surface area contributed by atoms with Crippen molar-refractivity contribution in [2.75, 3.05) is 20.2 Å². The molecule has 4 rings (SSSR count). The van der Waals surface area contributed by atoms with Gasteiger partial charge in [-0.15, -0.1) is 0 Å². The minimum Gasteiger partial charge on any atom is -0.495 e. The number of nitrogens with zero attached hydrogens (tertiary/aromatic N) is 3. The Labute approximate surface area is 192 Å². The maximum atomic E-state index is 14.6. The lowest BCUT2D eigenvalue weighted by atomic mass is 10.1. The number of carbonyl (C=O) groups excluding carboxylic acids is 1. The van der Waals surface area contributed by atoms with Crippen molar-refractivity contribution in [2.24, 2.45) is 0 Å². The van der Waals surface area contributed by atoms with Crippen LogP contribution in [-0.4, -0.2) is 48.4 Å². The van der Waals surface area contributed by atoms with Crippen molar-refractivity contribution in [3.05, 3.63) is 71.6 Å². The molecule has 0 aliphatic carbocycles. The lowest BCUT2D eigenvalue weighted by molar-refractivity contribution is 0.0950.